The predicted octanol–water partition coefficient (Wildman–Crippen LogP) is 3.43. The summed E-state index contributed by atoms with van der Waals surface area (Å²) < 4.78 is 0. The number of rotatable bonds is 8. The molecule has 0 aliphatic heterocycles. The Bertz CT molecular complexity index is 864. The second-order valence-corrected chi connectivity index (χ2v) is 6.22. The highest BCUT2D eigenvalue weighted by molar-refractivity contribution is 6.10. The number of Topliss-reactive ketones (excluding diaryl/α,β-unsaturated/α-hetero) is 2. The lowest BCUT2D eigenvalue weighted by atomic mass is 9.75. The van der Waals surface area contributed by atoms with Crippen molar-refractivity contribution in [3.05, 3.63) is 86.0 Å². The number of carbonyl (C=O) groups is 2. The zero-order valence-electron chi connectivity index (χ0n) is 14.8. The van der Waals surface area contributed by atoms with Gasteiger partial charge in [-0.1, -0.05) is 42.5 Å². The molecule has 0 aliphatic rings. The van der Waals surface area contributed by atoms with Crippen LogP contribution in [0.5, 0.6) is 0 Å². The average molecular weight is 370 g/mol. The maximum atomic E-state index is 13.0. The first-order valence-electron chi connectivity index (χ1n) is 8.21. The fourth-order valence-corrected chi connectivity index (χ4v) is 3.08. The van der Waals surface area contributed by atoms with Gasteiger partial charge in [-0.3, -0.25) is 29.8 Å². The molecule has 0 unspecified atom stereocenters. The highest BCUT2D eigenvalue weighted by atomic mass is 16.6. The Morgan fingerprint density at radius 2 is 1.48 bits per heavy atom. The molecule has 0 fully saturated rings. The van der Waals surface area contributed by atoms with Gasteiger partial charge in [0.2, 0.25) is 6.04 Å². The molecule has 0 radical (unpaired) electrons. The van der Waals surface area contributed by atoms with Gasteiger partial charge in [-0.2, -0.15) is 0 Å². The van der Waals surface area contributed by atoms with Crippen LogP contribution < -0.4 is 0 Å². The van der Waals surface area contributed by atoms with Crippen molar-refractivity contribution < 1.29 is 19.4 Å². The molecule has 0 aromatic heterocycles. The number of hydrogen-bond donors (Lipinski definition) is 0. The van der Waals surface area contributed by atoms with Crippen molar-refractivity contribution in [3.8, 4) is 0 Å². The standard InChI is InChI=1S/C19H18N2O6/c1-12(20(24)25)17(14-8-10-16(11-9-14)21(26)27)18(13(2)22)19(23)15-6-4-3-5-7-15/h3-12,17-18H,1-2H3/t12-,17+,18+/m0/s1. The lowest BCUT2D eigenvalue weighted by molar-refractivity contribution is -0.523. The first kappa shape index (κ1) is 19.9. The van der Waals surface area contributed by atoms with E-state index >= 15 is 0 Å². The van der Waals surface area contributed by atoms with Crippen LogP contribution in [0, 0.1) is 26.1 Å². The molecule has 0 amide bonds. The van der Waals surface area contributed by atoms with Crippen LogP contribution in [0.15, 0.2) is 54.6 Å². The second-order valence-electron chi connectivity index (χ2n) is 6.22. The molecule has 0 aliphatic carbocycles. The number of hydrogen-bond acceptors (Lipinski definition) is 6. The maximum Gasteiger partial charge on any atom is 0.269 e. The Morgan fingerprint density at radius 1 is 0.926 bits per heavy atom. The fraction of sp³-hybridized carbons (Fsp3) is 0.263. The van der Waals surface area contributed by atoms with Gasteiger partial charge in [-0.05, 0) is 12.5 Å². The maximum absolute atomic E-state index is 13.0. The van der Waals surface area contributed by atoms with Gasteiger partial charge in [0, 0.05) is 29.5 Å². The smallest absolute Gasteiger partial charge is 0.269 e. The summed E-state index contributed by atoms with van der Waals surface area (Å²) in [5.41, 5.74) is 0.425. The molecule has 2 aromatic rings. The summed E-state index contributed by atoms with van der Waals surface area (Å²) in [4.78, 5) is 46.4. The van der Waals surface area contributed by atoms with E-state index in [0.29, 0.717) is 5.56 Å². The Hall–Kier alpha value is -3.42. The Morgan fingerprint density at radius 3 is 1.93 bits per heavy atom. The number of nitro benzene ring substituents is 1. The highest BCUT2D eigenvalue weighted by Gasteiger charge is 2.42. The van der Waals surface area contributed by atoms with Gasteiger partial charge >= 0.3 is 0 Å². The molecule has 0 saturated heterocycles. The number of benzene rings is 2. The molecule has 2 rings (SSSR count). The molecule has 8 nitrogen and oxygen atoms in total. The molecule has 0 heterocycles. The number of non-ortho nitro benzene ring substituents is 1. The van der Waals surface area contributed by atoms with Gasteiger partial charge in [0.15, 0.2) is 5.78 Å². The van der Waals surface area contributed by atoms with E-state index in [9.17, 15) is 29.8 Å². The lowest BCUT2D eigenvalue weighted by Gasteiger charge is -2.25. The molecule has 2 aromatic carbocycles. The van der Waals surface area contributed by atoms with E-state index in [4.69, 9.17) is 0 Å². The highest BCUT2D eigenvalue weighted by Crippen LogP contribution is 2.34. The zero-order valence-corrected chi connectivity index (χ0v) is 14.8. The molecule has 8 heteroatoms. The van der Waals surface area contributed by atoms with Crippen LogP contribution in [0.1, 0.15) is 35.7 Å². The largest absolute Gasteiger partial charge is 0.299 e. The topological polar surface area (TPSA) is 120 Å². The molecular formula is C19H18N2O6. The average Bonchev–Trinajstić information content (AvgIpc) is 2.65. The van der Waals surface area contributed by atoms with Gasteiger partial charge < -0.3 is 0 Å². The van der Waals surface area contributed by atoms with Crippen molar-refractivity contribution in [2.24, 2.45) is 5.92 Å². The zero-order chi connectivity index (χ0) is 20.1. The predicted molar refractivity (Wildman–Crippen MR) is 97.2 cm³/mol. The van der Waals surface area contributed by atoms with Crippen molar-refractivity contribution in [2.45, 2.75) is 25.8 Å². The van der Waals surface area contributed by atoms with E-state index in [1.165, 1.54) is 38.1 Å². The van der Waals surface area contributed by atoms with E-state index < -0.39 is 39.3 Å². The Balaban J connectivity index is 2.55. The summed E-state index contributed by atoms with van der Waals surface area (Å²) in [6.07, 6.45) is 0. The minimum absolute atomic E-state index is 0.181. The van der Waals surface area contributed by atoms with Gasteiger partial charge in [-0.15, -0.1) is 0 Å². The number of carbonyl (C=O) groups excluding carboxylic acids is 2. The van der Waals surface area contributed by atoms with Crippen molar-refractivity contribution in [1.29, 1.82) is 0 Å². The van der Waals surface area contributed by atoms with Crippen molar-refractivity contribution >= 4 is 17.3 Å². The molecule has 0 spiro atoms. The van der Waals surface area contributed by atoms with Crippen LogP contribution in [0.4, 0.5) is 5.69 Å². The summed E-state index contributed by atoms with van der Waals surface area (Å²) in [6.45, 7) is 2.54. The summed E-state index contributed by atoms with van der Waals surface area (Å²) in [7, 11) is 0. The monoisotopic (exact) mass is 370 g/mol. The molecule has 27 heavy (non-hydrogen) atoms. The van der Waals surface area contributed by atoms with Crippen LogP contribution in [0.3, 0.4) is 0 Å². The summed E-state index contributed by atoms with van der Waals surface area (Å²) in [6, 6.07) is 12.0. The Labute approximate surface area is 155 Å². The Kier molecular flexibility index (Phi) is 6.12. The summed E-state index contributed by atoms with van der Waals surface area (Å²) >= 11 is 0. The SMILES string of the molecule is CC(=O)[C@@H](C(=O)c1ccccc1)[C@@H](c1ccc([N+](=O)[O-])cc1)[C@H](C)[N+](=O)[O-]. The number of ketones is 2. The minimum atomic E-state index is -1.27. The number of nitrogens with zero attached hydrogens (tertiary/aromatic N) is 2. The molecule has 140 valence electrons. The third-order valence-electron chi connectivity index (χ3n) is 4.48. The molecule has 0 bridgehead atoms. The normalized spacial score (nSPS) is 14.0. The van der Waals surface area contributed by atoms with E-state index in [2.05, 4.69) is 0 Å². The van der Waals surface area contributed by atoms with Crippen molar-refractivity contribution in [3.63, 3.8) is 0 Å². The molecule has 0 saturated carbocycles. The van der Waals surface area contributed by atoms with Crippen LogP contribution in [-0.4, -0.2) is 27.5 Å². The van der Waals surface area contributed by atoms with Gasteiger partial charge in [0.05, 0.1) is 16.8 Å². The van der Waals surface area contributed by atoms with Crippen LogP contribution in [-0.2, 0) is 4.79 Å². The summed E-state index contributed by atoms with van der Waals surface area (Å²) in [5.74, 6) is -3.33. The molecule has 0 N–H and O–H groups in total. The third kappa shape index (κ3) is 4.41. The third-order valence-corrected chi connectivity index (χ3v) is 4.48. The number of nitro groups is 2. The van der Waals surface area contributed by atoms with Crippen molar-refractivity contribution in [1.82, 2.24) is 0 Å². The van der Waals surface area contributed by atoms with E-state index in [1.54, 1.807) is 30.3 Å². The van der Waals surface area contributed by atoms with E-state index in [1.807, 2.05) is 0 Å². The molecular weight excluding hydrogens is 352 g/mol. The van der Waals surface area contributed by atoms with E-state index in [0.717, 1.165) is 0 Å². The second kappa shape index (κ2) is 8.31. The lowest BCUT2D eigenvalue weighted by Crippen LogP contribution is -2.37. The van der Waals surface area contributed by atoms with Gasteiger partial charge in [0.1, 0.15) is 5.78 Å². The van der Waals surface area contributed by atoms with Gasteiger partial charge in [0.25, 0.3) is 5.69 Å². The van der Waals surface area contributed by atoms with Gasteiger partial charge in [-0.25, -0.2) is 0 Å². The fourth-order valence-electron chi connectivity index (χ4n) is 3.08. The van der Waals surface area contributed by atoms with Crippen LogP contribution >= 0.6 is 0 Å². The summed E-state index contributed by atoms with van der Waals surface area (Å²) in [5, 5.41) is 22.3. The van der Waals surface area contributed by atoms with E-state index in [-0.39, 0.29) is 11.3 Å². The van der Waals surface area contributed by atoms with Crippen LogP contribution in [0.2, 0.25) is 0 Å². The molecule has 3 atom stereocenters. The first-order chi connectivity index (χ1) is 12.7. The van der Waals surface area contributed by atoms with Crippen LogP contribution in [0.25, 0.3) is 0 Å². The quantitative estimate of drug-likeness (QED) is 0.304. The van der Waals surface area contributed by atoms with Crippen molar-refractivity contribution in [2.75, 3.05) is 0 Å². The minimum Gasteiger partial charge on any atom is -0.299 e. The first-order valence-corrected chi connectivity index (χ1v) is 8.21.